The molecular formula is C20H26BrN3O3S. The van der Waals surface area contributed by atoms with Crippen LogP contribution in [0.3, 0.4) is 0 Å². The zero-order chi connectivity index (χ0) is 20.7. The van der Waals surface area contributed by atoms with Gasteiger partial charge in [-0.15, -0.1) is 0 Å². The van der Waals surface area contributed by atoms with E-state index in [4.69, 9.17) is 0 Å². The lowest BCUT2D eigenvalue weighted by Crippen LogP contribution is -2.28. The molecule has 0 saturated carbocycles. The van der Waals surface area contributed by atoms with Crippen molar-refractivity contribution in [3.05, 3.63) is 52.5 Å². The van der Waals surface area contributed by atoms with E-state index < -0.39 is 10.0 Å². The molecule has 2 aromatic carbocycles. The highest BCUT2D eigenvalue weighted by molar-refractivity contribution is 9.10. The highest BCUT2D eigenvalue weighted by atomic mass is 79.9. The number of nitrogens with one attached hydrogen (secondary N) is 2. The fourth-order valence-corrected chi connectivity index (χ4v) is 4.33. The van der Waals surface area contributed by atoms with Gasteiger partial charge in [0, 0.05) is 23.8 Å². The van der Waals surface area contributed by atoms with Crippen LogP contribution in [0.1, 0.15) is 25.3 Å². The van der Waals surface area contributed by atoms with Gasteiger partial charge in [-0.05, 0) is 71.2 Å². The Morgan fingerprint density at radius 2 is 1.82 bits per heavy atom. The van der Waals surface area contributed by atoms with Crippen molar-refractivity contribution in [3.8, 4) is 0 Å². The first-order valence-corrected chi connectivity index (χ1v) is 11.3. The quantitative estimate of drug-likeness (QED) is 0.578. The average Bonchev–Trinajstić information content (AvgIpc) is 2.67. The minimum Gasteiger partial charge on any atom is -0.376 e. The van der Waals surface area contributed by atoms with Gasteiger partial charge in [0.2, 0.25) is 15.9 Å². The van der Waals surface area contributed by atoms with Crippen LogP contribution in [0.4, 0.5) is 11.4 Å². The fourth-order valence-electron chi connectivity index (χ4n) is 2.52. The predicted octanol–water partition coefficient (Wildman–Crippen LogP) is 4.23. The van der Waals surface area contributed by atoms with E-state index in [-0.39, 0.29) is 17.3 Å². The zero-order valence-electron chi connectivity index (χ0n) is 16.3. The molecule has 2 rings (SSSR count). The maximum atomic E-state index is 12.5. The van der Waals surface area contributed by atoms with Crippen LogP contribution < -0.4 is 10.6 Å². The maximum Gasteiger partial charge on any atom is 0.243 e. The van der Waals surface area contributed by atoms with Crippen LogP contribution in [0, 0.1) is 6.92 Å². The number of unbranched alkanes of at least 4 members (excludes halogenated alkanes) is 1. The molecule has 1 amide bonds. The monoisotopic (exact) mass is 467 g/mol. The number of carbonyl (C=O) groups is 1. The number of halogens is 1. The van der Waals surface area contributed by atoms with Crippen molar-refractivity contribution in [2.24, 2.45) is 0 Å². The summed E-state index contributed by atoms with van der Waals surface area (Å²) in [5, 5.41) is 5.83. The lowest BCUT2D eigenvalue weighted by Gasteiger charge is -2.17. The van der Waals surface area contributed by atoms with Gasteiger partial charge in [0.05, 0.1) is 17.1 Å². The standard InChI is InChI=1S/C20H26BrN3O3S/c1-4-5-12-24(3)28(26,27)17-9-7-16(8-10-17)22-14-20(25)23-19-11-6-15(2)13-18(19)21/h6-11,13,22H,4-5,12,14H2,1-3H3,(H,23,25). The van der Waals surface area contributed by atoms with Gasteiger partial charge in [-0.3, -0.25) is 4.79 Å². The first-order chi connectivity index (χ1) is 13.2. The summed E-state index contributed by atoms with van der Waals surface area (Å²) >= 11 is 3.43. The highest BCUT2D eigenvalue weighted by Gasteiger charge is 2.19. The number of carbonyl (C=O) groups excluding carboxylic acids is 1. The first kappa shape index (κ1) is 22.4. The van der Waals surface area contributed by atoms with E-state index in [0.29, 0.717) is 17.9 Å². The third-order valence-corrected chi connectivity index (χ3v) is 6.77. The topological polar surface area (TPSA) is 78.5 Å². The molecule has 2 N–H and O–H groups in total. The molecule has 0 heterocycles. The summed E-state index contributed by atoms with van der Waals surface area (Å²) in [6.07, 6.45) is 1.76. The summed E-state index contributed by atoms with van der Waals surface area (Å²) < 4.78 is 27.2. The number of aryl methyl sites for hydroxylation is 1. The molecule has 152 valence electrons. The number of hydrogen-bond acceptors (Lipinski definition) is 4. The third-order valence-electron chi connectivity index (χ3n) is 4.24. The number of rotatable bonds is 9. The first-order valence-electron chi connectivity index (χ1n) is 9.10. The molecule has 6 nitrogen and oxygen atoms in total. The minimum atomic E-state index is -3.49. The van der Waals surface area contributed by atoms with Crippen molar-refractivity contribution in [2.75, 3.05) is 30.8 Å². The molecular weight excluding hydrogens is 442 g/mol. The summed E-state index contributed by atoms with van der Waals surface area (Å²) in [5.41, 5.74) is 2.47. The van der Waals surface area contributed by atoms with Gasteiger partial charge in [0.15, 0.2) is 0 Å². The minimum absolute atomic E-state index is 0.0722. The van der Waals surface area contributed by atoms with Crippen LogP contribution in [-0.4, -0.2) is 38.8 Å². The van der Waals surface area contributed by atoms with Crippen molar-refractivity contribution >= 4 is 43.2 Å². The lowest BCUT2D eigenvalue weighted by molar-refractivity contribution is -0.114. The predicted molar refractivity (Wildman–Crippen MR) is 117 cm³/mol. The number of nitrogens with zero attached hydrogens (tertiary/aromatic N) is 1. The van der Waals surface area contributed by atoms with Gasteiger partial charge in [0.1, 0.15) is 0 Å². The SMILES string of the molecule is CCCCN(C)S(=O)(=O)c1ccc(NCC(=O)Nc2ccc(C)cc2Br)cc1. The molecule has 28 heavy (non-hydrogen) atoms. The summed E-state index contributed by atoms with van der Waals surface area (Å²) in [6, 6.07) is 12.1. The van der Waals surface area contributed by atoms with E-state index in [1.54, 1.807) is 31.3 Å². The van der Waals surface area contributed by atoms with Crippen molar-refractivity contribution in [1.29, 1.82) is 0 Å². The van der Waals surface area contributed by atoms with E-state index in [0.717, 1.165) is 22.9 Å². The molecule has 0 unspecified atom stereocenters. The number of amides is 1. The fraction of sp³-hybridized carbons (Fsp3) is 0.350. The van der Waals surface area contributed by atoms with Gasteiger partial charge in [0.25, 0.3) is 0 Å². The second-order valence-corrected chi connectivity index (χ2v) is 9.49. The largest absolute Gasteiger partial charge is 0.376 e. The Bertz CT molecular complexity index is 915. The summed E-state index contributed by atoms with van der Waals surface area (Å²) in [7, 11) is -1.90. The number of hydrogen-bond donors (Lipinski definition) is 2. The van der Waals surface area contributed by atoms with Crippen molar-refractivity contribution < 1.29 is 13.2 Å². The third kappa shape index (κ3) is 6.05. The van der Waals surface area contributed by atoms with Crippen molar-refractivity contribution in [3.63, 3.8) is 0 Å². The molecule has 0 aromatic heterocycles. The molecule has 0 atom stereocenters. The van der Waals surface area contributed by atoms with E-state index in [2.05, 4.69) is 26.6 Å². The Kier molecular flexibility index (Phi) is 8.03. The summed E-state index contributed by atoms with van der Waals surface area (Å²) in [5.74, 6) is -0.194. The molecule has 0 aliphatic carbocycles. The van der Waals surface area contributed by atoms with Crippen LogP contribution in [0.5, 0.6) is 0 Å². The Hall–Kier alpha value is -1.90. The highest BCUT2D eigenvalue weighted by Crippen LogP contribution is 2.23. The second-order valence-electron chi connectivity index (χ2n) is 6.59. The molecule has 0 bridgehead atoms. The van der Waals surface area contributed by atoms with Gasteiger partial charge in [-0.1, -0.05) is 19.4 Å². The van der Waals surface area contributed by atoms with Crippen molar-refractivity contribution in [2.45, 2.75) is 31.6 Å². The van der Waals surface area contributed by atoms with Gasteiger partial charge < -0.3 is 10.6 Å². The summed E-state index contributed by atoms with van der Waals surface area (Å²) in [6.45, 7) is 4.56. The van der Waals surface area contributed by atoms with Crippen LogP contribution in [0.25, 0.3) is 0 Å². The van der Waals surface area contributed by atoms with Crippen LogP contribution >= 0.6 is 15.9 Å². The number of anilines is 2. The van der Waals surface area contributed by atoms with Crippen molar-refractivity contribution in [1.82, 2.24) is 4.31 Å². The lowest BCUT2D eigenvalue weighted by atomic mass is 10.2. The van der Waals surface area contributed by atoms with Gasteiger partial charge in [-0.25, -0.2) is 12.7 Å². The second kappa shape index (κ2) is 10.0. The van der Waals surface area contributed by atoms with E-state index in [9.17, 15) is 13.2 Å². The molecule has 0 aliphatic heterocycles. The zero-order valence-corrected chi connectivity index (χ0v) is 18.7. The Morgan fingerprint density at radius 3 is 2.43 bits per heavy atom. The number of sulfonamides is 1. The maximum absolute atomic E-state index is 12.5. The smallest absolute Gasteiger partial charge is 0.243 e. The van der Waals surface area contributed by atoms with Crippen LogP contribution in [0.2, 0.25) is 0 Å². The number of benzene rings is 2. The molecule has 0 aliphatic rings. The molecule has 0 saturated heterocycles. The summed E-state index contributed by atoms with van der Waals surface area (Å²) in [4.78, 5) is 12.4. The van der Waals surface area contributed by atoms with E-state index >= 15 is 0 Å². The Labute approximate surface area is 175 Å². The molecule has 8 heteroatoms. The Balaban J connectivity index is 1.94. The molecule has 2 aromatic rings. The van der Waals surface area contributed by atoms with Gasteiger partial charge in [-0.2, -0.15) is 0 Å². The van der Waals surface area contributed by atoms with Gasteiger partial charge >= 0.3 is 0 Å². The molecule has 0 fully saturated rings. The van der Waals surface area contributed by atoms with E-state index in [1.165, 1.54) is 4.31 Å². The van der Waals surface area contributed by atoms with E-state index in [1.807, 2.05) is 32.0 Å². The average molecular weight is 468 g/mol. The van der Waals surface area contributed by atoms with Crippen LogP contribution in [-0.2, 0) is 14.8 Å². The molecule has 0 spiro atoms. The Morgan fingerprint density at radius 1 is 1.14 bits per heavy atom. The molecule has 0 radical (unpaired) electrons. The normalized spacial score (nSPS) is 11.5. The van der Waals surface area contributed by atoms with Crippen LogP contribution in [0.15, 0.2) is 51.8 Å².